The van der Waals surface area contributed by atoms with Crippen molar-refractivity contribution in [3.63, 3.8) is 0 Å². The van der Waals surface area contributed by atoms with Crippen LogP contribution in [0.5, 0.6) is 0 Å². The van der Waals surface area contributed by atoms with Crippen molar-refractivity contribution in [3.8, 4) is 0 Å². The number of carbonyl (C=O) groups is 1. The van der Waals surface area contributed by atoms with Gasteiger partial charge in [-0.3, -0.25) is 4.79 Å². The maximum Gasteiger partial charge on any atom is 0.261 e. The van der Waals surface area contributed by atoms with Crippen LogP contribution in [0.1, 0.15) is 30.6 Å². The maximum atomic E-state index is 12.2. The van der Waals surface area contributed by atoms with Crippen molar-refractivity contribution in [1.29, 1.82) is 0 Å². The van der Waals surface area contributed by atoms with Gasteiger partial charge in [-0.1, -0.05) is 13.8 Å². The molecule has 0 aliphatic carbocycles. The number of halogens is 1. The minimum atomic E-state index is -3.74. The fourth-order valence-corrected chi connectivity index (χ4v) is 3.00. The first kappa shape index (κ1) is 14.3. The van der Waals surface area contributed by atoms with Crippen LogP contribution in [0.4, 0.5) is 0 Å². The summed E-state index contributed by atoms with van der Waals surface area (Å²) < 4.78 is 22.3. The molecule has 0 unspecified atom stereocenters. The summed E-state index contributed by atoms with van der Waals surface area (Å²) in [4.78, 5) is 14.0. The molecular formula is C13H16ClNO3S. The Balaban J connectivity index is 2.17. The fraction of sp³-hybridized carbons (Fsp3) is 0.462. The predicted molar refractivity (Wildman–Crippen MR) is 73.8 cm³/mol. The molecule has 1 aromatic rings. The Labute approximate surface area is 117 Å². The first-order chi connectivity index (χ1) is 8.69. The zero-order valence-electron chi connectivity index (χ0n) is 10.9. The summed E-state index contributed by atoms with van der Waals surface area (Å²) in [5.74, 6) is -0.0657. The molecule has 1 aliphatic rings. The molecule has 1 fully saturated rings. The molecule has 0 atom stereocenters. The van der Waals surface area contributed by atoms with E-state index in [0.717, 1.165) is 19.5 Å². The SMILES string of the molecule is CC1(C)CCN(C(=O)c2ccc(S(=O)(=O)Cl)cc2)C1. The van der Waals surface area contributed by atoms with E-state index in [2.05, 4.69) is 13.8 Å². The fourth-order valence-electron chi connectivity index (χ4n) is 2.23. The summed E-state index contributed by atoms with van der Waals surface area (Å²) in [6, 6.07) is 5.72. The molecule has 0 N–H and O–H groups in total. The number of hydrogen-bond donors (Lipinski definition) is 0. The molecule has 1 saturated heterocycles. The number of hydrogen-bond acceptors (Lipinski definition) is 3. The van der Waals surface area contributed by atoms with Crippen molar-refractivity contribution in [3.05, 3.63) is 29.8 Å². The van der Waals surface area contributed by atoms with Crippen molar-refractivity contribution < 1.29 is 13.2 Å². The van der Waals surface area contributed by atoms with Gasteiger partial charge in [0, 0.05) is 29.3 Å². The van der Waals surface area contributed by atoms with Gasteiger partial charge in [0.2, 0.25) is 0 Å². The van der Waals surface area contributed by atoms with Crippen molar-refractivity contribution in [2.45, 2.75) is 25.2 Å². The predicted octanol–water partition coefficient (Wildman–Crippen LogP) is 2.49. The van der Waals surface area contributed by atoms with Gasteiger partial charge in [-0.2, -0.15) is 0 Å². The van der Waals surface area contributed by atoms with E-state index >= 15 is 0 Å². The number of benzene rings is 1. The maximum absolute atomic E-state index is 12.2. The average Bonchev–Trinajstić information content (AvgIpc) is 2.68. The third kappa shape index (κ3) is 3.28. The van der Waals surface area contributed by atoms with Crippen LogP contribution >= 0.6 is 10.7 Å². The summed E-state index contributed by atoms with van der Waals surface area (Å²) in [6.45, 7) is 5.72. The first-order valence-corrected chi connectivity index (χ1v) is 8.34. The van der Waals surface area contributed by atoms with Gasteiger partial charge in [0.05, 0.1) is 4.90 Å². The number of likely N-dealkylation sites (tertiary alicyclic amines) is 1. The Morgan fingerprint density at radius 1 is 1.26 bits per heavy atom. The van der Waals surface area contributed by atoms with E-state index in [1.54, 1.807) is 4.90 Å². The molecule has 0 spiro atoms. The minimum absolute atomic E-state index is 0.00692. The minimum Gasteiger partial charge on any atom is -0.338 e. The van der Waals surface area contributed by atoms with Gasteiger partial charge in [-0.25, -0.2) is 8.42 Å². The van der Waals surface area contributed by atoms with Gasteiger partial charge in [0.25, 0.3) is 15.0 Å². The third-order valence-corrected chi connectivity index (χ3v) is 4.72. The summed E-state index contributed by atoms with van der Waals surface area (Å²) >= 11 is 0. The van der Waals surface area contributed by atoms with Crippen LogP contribution in [0.2, 0.25) is 0 Å². The van der Waals surface area contributed by atoms with Crippen molar-refractivity contribution in [2.24, 2.45) is 5.41 Å². The Kier molecular flexibility index (Phi) is 3.62. The second kappa shape index (κ2) is 4.80. The normalized spacial score (nSPS) is 18.6. The van der Waals surface area contributed by atoms with E-state index in [0.29, 0.717) is 5.56 Å². The highest BCUT2D eigenvalue weighted by Gasteiger charge is 2.32. The molecule has 0 radical (unpaired) electrons. The standard InChI is InChI=1S/C13H16ClNO3S/c1-13(2)7-8-15(9-13)12(16)10-3-5-11(6-4-10)19(14,17)18/h3-6H,7-9H2,1-2H3. The second-order valence-electron chi connectivity index (χ2n) is 5.60. The Bertz CT molecular complexity index is 593. The zero-order chi connectivity index (χ0) is 14.3. The lowest BCUT2D eigenvalue weighted by atomic mass is 9.93. The number of nitrogens with zero attached hydrogens (tertiary/aromatic N) is 1. The summed E-state index contributed by atoms with van der Waals surface area (Å²) in [6.07, 6.45) is 0.979. The Morgan fingerprint density at radius 3 is 2.26 bits per heavy atom. The molecule has 19 heavy (non-hydrogen) atoms. The average molecular weight is 302 g/mol. The van der Waals surface area contributed by atoms with Crippen LogP contribution < -0.4 is 0 Å². The van der Waals surface area contributed by atoms with Crippen LogP contribution in [0.25, 0.3) is 0 Å². The van der Waals surface area contributed by atoms with E-state index in [1.807, 2.05) is 0 Å². The molecule has 1 aromatic carbocycles. The van der Waals surface area contributed by atoms with Gasteiger partial charge >= 0.3 is 0 Å². The van der Waals surface area contributed by atoms with Crippen LogP contribution in [-0.4, -0.2) is 32.3 Å². The quantitative estimate of drug-likeness (QED) is 0.789. The van der Waals surface area contributed by atoms with Crippen LogP contribution in [0, 0.1) is 5.41 Å². The molecular weight excluding hydrogens is 286 g/mol. The molecule has 4 nitrogen and oxygen atoms in total. The molecule has 0 aromatic heterocycles. The smallest absolute Gasteiger partial charge is 0.261 e. The zero-order valence-corrected chi connectivity index (χ0v) is 12.5. The van der Waals surface area contributed by atoms with Crippen LogP contribution in [0.3, 0.4) is 0 Å². The van der Waals surface area contributed by atoms with Crippen LogP contribution in [-0.2, 0) is 9.05 Å². The largest absolute Gasteiger partial charge is 0.338 e. The lowest BCUT2D eigenvalue weighted by Gasteiger charge is -2.19. The van der Waals surface area contributed by atoms with E-state index < -0.39 is 9.05 Å². The highest BCUT2D eigenvalue weighted by atomic mass is 35.7. The van der Waals surface area contributed by atoms with E-state index in [9.17, 15) is 13.2 Å². The third-order valence-electron chi connectivity index (χ3n) is 3.35. The van der Waals surface area contributed by atoms with Crippen molar-refractivity contribution in [2.75, 3.05) is 13.1 Å². The molecule has 0 bridgehead atoms. The van der Waals surface area contributed by atoms with Crippen LogP contribution in [0.15, 0.2) is 29.2 Å². The molecule has 2 rings (SSSR count). The first-order valence-electron chi connectivity index (χ1n) is 6.03. The van der Waals surface area contributed by atoms with Crippen molar-refractivity contribution in [1.82, 2.24) is 4.90 Å². The highest BCUT2D eigenvalue weighted by molar-refractivity contribution is 8.13. The summed E-state index contributed by atoms with van der Waals surface area (Å²) in [5.41, 5.74) is 0.636. The molecule has 1 aliphatic heterocycles. The summed E-state index contributed by atoms with van der Waals surface area (Å²) in [5, 5.41) is 0. The van der Waals surface area contributed by atoms with Gasteiger partial charge in [0.1, 0.15) is 0 Å². The molecule has 0 saturated carbocycles. The van der Waals surface area contributed by atoms with E-state index in [4.69, 9.17) is 10.7 Å². The van der Waals surface area contributed by atoms with Gasteiger partial charge in [-0.15, -0.1) is 0 Å². The molecule has 1 heterocycles. The molecule has 6 heteroatoms. The topological polar surface area (TPSA) is 54.5 Å². The lowest BCUT2D eigenvalue weighted by molar-refractivity contribution is 0.0778. The Hall–Kier alpha value is -1.07. The van der Waals surface area contributed by atoms with Gasteiger partial charge in [-0.05, 0) is 36.1 Å². The second-order valence-corrected chi connectivity index (χ2v) is 8.17. The number of carbonyl (C=O) groups excluding carboxylic acids is 1. The number of amides is 1. The molecule has 1 amide bonds. The number of rotatable bonds is 2. The highest BCUT2D eigenvalue weighted by Crippen LogP contribution is 2.29. The van der Waals surface area contributed by atoms with Gasteiger partial charge in [0.15, 0.2) is 0 Å². The van der Waals surface area contributed by atoms with Crippen molar-refractivity contribution >= 4 is 25.6 Å². The monoisotopic (exact) mass is 301 g/mol. The van der Waals surface area contributed by atoms with E-state index in [1.165, 1.54) is 24.3 Å². The van der Waals surface area contributed by atoms with Gasteiger partial charge < -0.3 is 4.90 Å². The molecule has 104 valence electrons. The van der Waals surface area contributed by atoms with E-state index in [-0.39, 0.29) is 16.2 Å². The lowest BCUT2D eigenvalue weighted by Crippen LogP contribution is -2.30. The summed E-state index contributed by atoms with van der Waals surface area (Å²) in [7, 11) is 1.50. The Morgan fingerprint density at radius 2 is 1.84 bits per heavy atom.